The molecule has 12 heavy (non-hydrogen) atoms. The summed E-state index contributed by atoms with van der Waals surface area (Å²) in [5, 5.41) is 0. The second-order valence-electron chi connectivity index (χ2n) is 3.77. The summed E-state index contributed by atoms with van der Waals surface area (Å²) < 4.78 is 0. The summed E-state index contributed by atoms with van der Waals surface area (Å²) in [5.41, 5.74) is 0. The van der Waals surface area contributed by atoms with Crippen LogP contribution in [-0.4, -0.2) is 24.5 Å². The molecular formula is C10H21NY. The summed E-state index contributed by atoms with van der Waals surface area (Å²) in [7, 11) is 2.27. The van der Waals surface area contributed by atoms with Crippen molar-refractivity contribution in [3.63, 3.8) is 0 Å². The summed E-state index contributed by atoms with van der Waals surface area (Å²) in [4.78, 5) is 2.52. The molecule has 1 heterocycles. The van der Waals surface area contributed by atoms with Crippen LogP contribution in [0.2, 0.25) is 0 Å². The van der Waals surface area contributed by atoms with E-state index in [1.165, 1.54) is 45.1 Å². The number of unbranched alkanes of at least 4 members (excludes halogenated alkanes) is 2. The van der Waals surface area contributed by atoms with Gasteiger partial charge in [0.2, 0.25) is 0 Å². The first-order valence-electron chi connectivity index (χ1n) is 5.05. The number of hydrogen-bond donors (Lipinski definition) is 0. The second kappa shape index (κ2) is 7.47. The van der Waals surface area contributed by atoms with Crippen molar-refractivity contribution in [2.24, 2.45) is 0 Å². The predicted octanol–water partition coefficient (Wildman–Crippen LogP) is 2.66. The normalized spacial score (nSPS) is 24.0. The van der Waals surface area contributed by atoms with Gasteiger partial charge >= 0.3 is 0 Å². The van der Waals surface area contributed by atoms with E-state index in [2.05, 4.69) is 18.9 Å². The molecule has 1 atom stereocenters. The third kappa shape index (κ3) is 4.34. The maximum absolute atomic E-state index is 2.52. The Bertz CT molecular complexity index is 106. The van der Waals surface area contributed by atoms with Crippen molar-refractivity contribution in [1.82, 2.24) is 4.90 Å². The van der Waals surface area contributed by atoms with E-state index >= 15 is 0 Å². The van der Waals surface area contributed by atoms with Crippen molar-refractivity contribution in [3.8, 4) is 0 Å². The van der Waals surface area contributed by atoms with Gasteiger partial charge in [0.15, 0.2) is 0 Å². The first-order chi connectivity index (χ1) is 5.34. The Hall–Kier alpha value is 1.06. The molecular weight excluding hydrogens is 223 g/mol. The van der Waals surface area contributed by atoms with Gasteiger partial charge in [-0.1, -0.05) is 26.2 Å². The van der Waals surface area contributed by atoms with E-state index in [0.717, 1.165) is 6.04 Å². The molecule has 0 spiro atoms. The summed E-state index contributed by atoms with van der Waals surface area (Å²) >= 11 is 0. The van der Waals surface area contributed by atoms with Gasteiger partial charge in [0.25, 0.3) is 0 Å². The molecule has 0 N–H and O–H groups in total. The molecule has 1 aliphatic heterocycles. The molecule has 0 aromatic heterocycles. The van der Waals surface area contributed by atoms with Crippen LogP contribution in [0, 0.1) is 0 Å². The number of likely N-dealkylation sites (tertiary alicyclic amines) is 1. The molecule has 1 unspecified atom stereocenters. The molecule has 0 aliphatic carbocycles. The fraction of sp³-hybridized carbons (Fsp3) is 1.00. The van der Waals surface area contributed by atoms with E-state index in [1.807, 2.05) is 0 Å². The van der Waals surface area contributed by atoms with Crippen molar-refractivity contribution in [2.75, 3.05) is 13.6 Å². The van der Waals surface area contributed by atoms with Crippen molar-refractivity contribution < 1.29 is 32.7 Å². The van der Waals surface area contributed by atoms with E-state index in [0.29, 0.717) is 0 Å². The maximum atomic E-state index is 2.52. The van der Waals surface area contributed by atoms with Gasteiger partial charge in [-0.25, -0.2) is 0 Å². The quantitative estimate of drug-likeness (QED) is 0.687. The molecule has 0 saturated carbocycles. The fourth-order valence-electron chi connectivity index (χ4n) is 1.97. The molecule has 1 fully saturated rings. The fourth-order valence-corrected chi connectivity index (χ4v) is 1.97. The first-order valence-corrected chi connectivity index (χ1v) is 5.05. The van der Waals surface area contributed by atoms with Gasteiger partial charge in [0.1, 0.15) is 0 Å². The molecule has 0 aromatic carbocycles. The van der Waals surface area contributed by atoms with Gasteiger partial charge in [-0.15, -0.1) is 0 Å². The summed E-state index contributed by atoms with van der Waals surface area (Å²) in [6.07, 6.45) is 8.52. The van der Waals surface area contributed by atoms with Crippen LogP contribution in [0.25, 0.3) is 0 Å². The Morgan fingerprint density at radius 3 is 2.58 bits per heavy atom. The van der Waals surface area contributed by atoms with Crippen LogP contribution in [0.15, 0.2) is 0 Å². The number of hydrogen-bond acceptors (Lipinski definition) is 1. The molecule has 0 amide bonds. The monoisotopic (exact) mass is 244 g/mol. The molecule has 1 aliphatic rings. The smallest absolute Gasteiger partial charge is 0.00926 e. The van der Waals surface area contributed by atoms with Gasteiger partial charge < -0.3 is 4.90 Å². The van der Waals surface area contributed by atoms with Crippen molar-refractivity contribution >= 4 is 0 Å². The maximum Gasteiger partial charge on any atom is 0.00926 e. The van der Waals surface area contributed by atoms with Crippen LogP contribution in [0.5, 0.6) is 0 Å². The van der Waals surface area contributed by atoms with Crippen LogP contribution in [-0.2, 0) is 32.7 Å². The average molecular weight is 244 g/mol. The van der Waals surface area contributed by atoms with Gasteiger partial charge in [0, 0.05) is 38.8 Å². The predicted molar refractivity (Wildman–Crippen MR) is 49.8 cm³/mol. The summed E-state index contributed by atoms with van der Waals surface area (Å²) in [5.74, 6) is 0. The van der Waals surface area contributed by atoms with Gasteiger partial charge in [0.05, 0.1) is 0 Å². The zero-order valence-electron chi connectivity index (χ0n) is 8.55. The Morgan fingerprint density at radius 2 is 2.08 bits per heavy atom. The minimum atomic E-state index is 0. The Kier molecular flexibility index (Phi) is 8.13. The third-order valence-electron chi connectivity index (χ3n) is 2.81. The van der Waals surface area contributed by atoms with Gasteiger partial charge in [-0.05, 0) is 32.9 Å². The van der Waals surface area contributed by atoms with E-state index in [9.17, 15) is 0 Å². The Balaban J connectivity index is 0.00000121. The zero-order valence-corrected chi connectivity index (χ0v) is 11.4. The van der Waals surface area contributed by atoms with Crippen molar-refractivity contribution in [3.05, 3.63) is 0 Å². The molecule has 0 aromatic rings. The number of nitrogens with zero attached hydrogens (tertiary/aromatic N) is 1. The van der Waals surface area contributed by atoms with Gasteiger partial charge in [-0.3, -0.25) is 0 Å². The second-order valence-corrected chi connectivity index (χ2v) is 3.77. The summed E-state index contributed by atoms with van der Waals surface area (Å²) in [6, 6.07) is 0.918. The Morgan fingerprint density at radius 1 is 1.33 bits per heavy atom. The van der Waals surface area contributed by atoms with Crippen LogP contribution in [0.1, 0.15) is 45.4 Å². The SMILES string of the molecule is CCCCCC1CCCN1C.[Y]. The first kappa shape index (κ1) is 13.1. The van der Waals surface area contributed by atoms with Crippen LogP contribution >= 0.6 is 0 Å². The van der Waals surface area contributed by atoms with Crippen LogP contribution < -0.4 is 0 Å². The largest absolute Gasteiger partial charge is 0.303 e. The van der Waals surface area contributed by atoms with Crippen LogP contribution in [0.4, 0.5) is 0 Å². The van der Waals surface area contributed by atoms with E-state index in [-0.39, 0.29) is 32.7 Å². The number of rotatable bonds is 4. The van der Waals surface area contributed by atoms with Gasteiger partial charge in [-0.2, -0.15) is 0 Å². The molecule has 1 nitrogen and oxygen atoms in total. The topological polar surface area (TPSA) is 3.24 Å². The minimum absolute atomic E-state index is 0. The standard InChI is InChI=1S/C10H21N.Y/c1-3-4-5-7-10-8-6-9-11(10)2;/h10H,3-9H2,1-2H3;. The van der Waals surface area contributed by atoms with E-state index in [1.54, 1.807) is 0 Å². The van der Waals surface area contributed by atoms with E-state index in [4.69, 9.17) is 0 Å². The molecule has 1 rings (SSSR count). The molecule has 2 heteroatoms. The molecule has 69 valence electrons. The average Bonchev–Trinajstić information content (AvgIpc) is 2.37. The van der Waals surface area contributed by atoms with Crippen molar-refractivity contribution in [1.29, 1.82) is 0 Å². The molecule has 1 radical (unpaired) electrons. The summed E-state index contributed by atoms with van der Waals surface area (Å²) in [6.45, 7) is 3.61. The zero-order chi connectivity index (χ0) is 8.10. The Labute approximate surface area is 102 Å². The molecule has 1 saturated heterocycles. The van der Waals surface area contributed by atoms with Crippen molar-refractivity contribution in [2.45, 2.75) is 51.5 Å². The third-order valence-corrected chi connectivity index (χ3v) is 2.81. The molecule has 0 bridgehead atoms. The minimum Gasteiger partial charge on any atom is -0.303 e. The van der Waals surface area contributed by atoms with Crippen LogP contribution in [0.3, 0.4) is 0 Å². The van der Waals surface area contributed by atoms with E-state index < -0.39 is 0 Å².